The van der Waals surface area contributed by atoms with E-state index in [0.29, 0.717) is 19.5 Å². The smallest absolute Gasteiger partial charge is 0.227 e. The van der Waals surface area contributed by atoms with Gasteiger partial charge in [0, 0.05) is 32.7 Å². The highest BCUT2D eigenvalue weighted by Gasteiger charge is 2.27. The lowest BCUT2D eigenvalue weighted by Gasteiger charge is -2.28. The first kappa shape index (κ1) is 16.9. The van der Waals surface area contributed by atoms with E-state index in [-0.39, 0.29) is 18.1 Å². The van der Waals surface area contributed by atoms with Crippen molar-refractivity contribution in [2.24, 2.45) is 0 Å². The molecule has 0 aromatic heterocycles. The molecule has 1 aromatic carbocycles. The van der Waals surface area contributed by atoms with Crippen molar-refractivity contribution >= 4 is 5.91 Å². The van der Waals surface area contributed by atoms with Crippen LogP contribution in [0.25, 0.3) is 0 Å². The van der Waals surface area contributed by atoms with Crippen LogP contribution in [-0.4, -0.2) is 55.9 Å². The van der Waals surface area contributed by atoms with E-state index < -0.39 is 0 Å². The molecule has 2 atom stereocenters. The van der Waals surface area contributed by atoms with E-state index in [1.165, 1.54) is 5.56 Å². The Morgan fingerprint density at radius 1 is 1.04 bits per heavy atom. The second kappa shape index (κ2) is 7.75. The van der Waals surface area contributed by atoms with E-state index in [4.69, 9.17) is 14.2 Å². The normalized spacial score (nSPS) is 25.0. The number of fused-ring (bicyclic) bond motifs is 1. The molecule has 0 spiro atoms. The molecule has 25 heavy (non-hydrogen) atoms. The summed E-state index contributed by atoms with van der Waals surface area (Å²) in [4.78, 5) is 14.9. The number of benzene rings is 1. The van der Waals surface area contributed by atoms with Crippen molar-refractivity contribution in [2.45, 2.75) is 50.7 Å². The molecule has 5 heteroatoms. The number of hydrogen-bond acceptors (Lipinski definition) is 4. The first-order valence-electron chi connectivity index (χ1n) is 9.53. The summed E-state index contributed by atoms with van der Waals surface area (Å²) in [6.07, 6.45) is 6.02. The molecule has 0 saturated carbocycles. The van der Waals surface area contributed by atoms with Crippen LogP contribution < -0.4 is 4.74 Å². The molecule has 2 fully saturated rings. The molecule has 1 amide bonds. The number of rotatable bonds is 6. The minimum Gasteiger partial charge on any atom is -0.493 e. The van der Waals surface area contributed by atoms with Gasteiger partial charge in [-0.1, -0.05) is 12.1 Å². The SMILES string of the molecule is O=C(Cc1ccc2c(c1)CCO2)N(C[C@H]1CCCO1)C[C@@H]1CCCO1. The van der Waals surface area contributed by atoms with E-state index >= 15 is 0 Å². The molecule has 4 rings (SSSR count). The van der Waals surface area contributed by atoms with Gasteiger partial charge in [0.05, 0.1) is 25.2 Å². The van der Waals surface area contributed by atoms with Gasteiger partial charge >= 0.3 is 0 Å². The quantitative estimate of drug-likeness (QED) is 0.794. The molecule has 0 N–H and O–H groups in total. The van der Waals surface area contributed by atoms with Crippen LogP contribution in [0.3, 0.4) is 0 Å². The topological polar surface area (TPSA) is 48.0 Å². The molecular formula is C20H27NO4. The summed E-state index contributed by atoms with van der Waals surface area (Å²) < 4.78 is 17.1. The first-order chi connectivity index (χ1) is 12.3. The van der Waals surface area contributed by atoms with Crippen LogP contribution in [0.2, 0.25) is 0 Å². The van der Waals surface area contributed by atoms with Crippen molar-refractivity contribution in [3.8, 4) is 5.75 Å². The third kappa shape index (κ3) is 4.15. The molecule has 3 heterocycles. The average molecular weight is 345 g/mol. The highest BCUT2D eigenvalue weighted by molar-refractivity contribution is 5.79. The Hall–Kier alpha value is -1.59. The highest BCUT2D eigenvalue weighted by atomic mass is 16.5. The van der Waals surface area contributed by atoms with Crippen LogP contribution in [0, 0.1) is 0 Å². The van der Waals surface area contributed by atoms with Crippen LogP contribution in [0.4, 0.5) is 0 Å². The third-order valence-corrected chi connectivity index (χ3v) is 5.36. The molecule has 0 radical (unpaired) electrons. The highest BCUT2D eigenvalue weighted by Crippen LogP contribution is 2.26. The molecule has 0 unspecified atom stereocenters. The van der Waals surface area contributed by atoms with Crippen LogP contribution in [-0.2, 0) is 27.1 Å². The Kier molecular flexibility index (Phi) is 5.22. The van der Waals surface area contributed by atoms with Crippen LogP contribution in [0.15, 0.2) is 18.2 Å². The van der Waals surface area contributed by atoms with Crippen molar-refractivity contribution in [2.75, 3.05) is 32.9 Å². The lowest BCUT2D eigenvalue weighted by atomic mass is 10.1. The van der Waals surface area contributed by atoms with Crippen LogP contribution >= 0.6 is 0 Å². The van der Waals surface area contributed by atoms with Crippen LogP contribution in [0.1, 0.15) is 36.8 Å². The number of amides is 1. The Morgan fingerprint density at radius 2 is 1.76 bits per heavy atom. The predicted octanol–water partition coefficient (Wildman–Crippen LogP) is 2.35. The van der Waals surface area contributed by atoms with Crippen molar-refractivity contribution in [1.82, 2.24) is 4.90 Å². The molecule has 5 nitrogen and oxygen atoms in total. The summed E-state index contributed by atoms with van der Waals surface area (Å²) in [5.74, 6) is 1.14. The van der Waals surface area contributed by atoms with Gasteiger partial charge in [0.25, 0.3) is 0 Å². The molecular weight excluding hydrogens is 318 g/mol. The van der Waals surface area contributed by atoms with Gasteiger partial charge in [0.1, 0.15) is 5.75 Å². The number of carbonyl (C=O) groups is 1. The van der Waals surface area contributed by atoms with E-state index in [9.17, 15) is 4.79 Å². The maximum absolute atomic E-state index is 13.0. The van der Waals surface area contributed by atoms with Crippen molar-refractivity contribution in [3.05, 3.63) is 29.3 Å². The minimum atomic E-state index is 0.171. The molecule has 3 aliphatic rings. The fourth-order valence-corrected chi connectivity index (χ4v) is 3.98. The predicted molar refractivity (Wildman–Crippen MR) is 93.9 cm³/mol. The second-order valence-corrected chi connectivity index (χ2v) is 7.29. The second-order valence-electron chi connectivity index (χ2n) is 7.29. The van der Waals surface area contributed by atoms with Gasteiger partial charge in [-0.25, -0.2) is 0 Å². The number of ether oxygens (including phenoxy) is 3. The molecule has 3 aliphatic heterocycles. The zero-order chi connectivity index (χ0) is 17.1. The molecule has 1 aromatic rings. The van der Waals surface area contributed by atoms with E-state index in [1.807, 2.05) is 17.0 Å². The number of nitrogens with zero attached hydrogens (tertiary/aromatic N) is 1. The minimum absolute atomic E-state index is 0.171. The Morgan fingerprint density at radius 3 is 2.40 bits per heavy atom. The number of hydrogen-bond donors (Lipinski definition) is 0. The van der Waals surface area contributed by atoms with Crippen molar-refractivity contribution < 1.29 is 19.0 Å². The standard InChI is InChI=1S/C20H27NO4/c22-20(12-15-5-6-19-16(11-15)7-10-25-19)21(13-17-3-1-8-23-17)14-18-4-2-9-24-18/h5-6,11,17-18H,1-4,7-10,12-14H2/t17-,18+. The summed E-state index contributed by atoms with van der Waals surface area (Å²) in [6, 6.07) is 6.13. The van der Waals surface area contributed by atoms with E-state index in [2.05, 4.69) is 6.07 Å². The number of carbonyl (C=O) groups excluding carboxylic acids is 1. The van der Waals surface area contributed by atoms with Crippen LogP contribution in [0.5, 0.6) is 5.75 Å². The maximum atomic E-state index is 13.0. The van der Waals surface area contributed by atoms with Gasteiger partial charge < -0.3 is 19.1 Å². The fourth-order valence-electron chi connectivity index (χ4n) is 3.98. The van der Waals surface area contributed by atoms with Gasteiger partial charge in [0.15, 0.2) is 0 Å². The lowest BCUT2D eigenvalue weighted by Crippen LogP contribution is -2.42. The zero-order valence-electron chi connectivity index (χ0n) is 14.7. The maximum Gasteiger partial charge on any atom is 0.227 e. The summed E-state index contributed by atoms with van der Waals surface area (Å²) in [5.41, 5.74) is 2.29. The summed E-state index contributed by atoms with van der Waals surface area (Å²) in [7, 11) is 0. The van der Waals surface area contributed by atoms with Crippen molar-refractivity contribution in [1.29, 1.82) is 0 Å². The molecule has 0 bridgehead atoms. The van der Waals surface area contributed by atoms with Crippen molar-refractivity contribution in [3.63, 3.8) is 0 Å². The third-order valence-electron chi connectivity index (χ3n) is 5.36. The monoisotopic (exact) mass is 345 g/mol. The van der Waals surface area contributed by atoms with E-state index in [0.717, 1.165) is 63.2 Å². The fraction of sp³-hybridized carbons (Fsp3) is 0.650. The summed E-state index contributed by atoms with van der Waals surface area (Å²) >= 11 is 0. The van der Waals surface area contributed by atoms with E-state index in [1.54, 1.807) is 0 Å². The Labute approximate surface area is 149 Å². The largest absolute Gasteiger partial charge is 0.493 e. The van der Waals surface area contributed by atoms with Gasteiger partial charge in [-0.3, -0.25) is 4.79 Å². The lowest BCUT2D eigenvalue weighted by molar-refractivity contribution is -0.133. The average Bonchev–Trinajstić information content (AvgIpc) is 3.36. The van der Waals surface area contributed by atoms with Gasteiger partial charge in [-0.05, 0) is 42.9 Å². The molecule has 136 valence electrons. The zero-order valence-corrected chi connectivity index (χ0v) is 14.7. The molecule has 0 aliphatic carbocycles. The Balaban J connectivity index is 1.42. The summed E-state index contributed by atoms with van der Waals surface area (Å²) in [6.45, 7) is 3.76. The summed E-state index contributed by atoms with van der Waals surface area (Å²) in [5, 5.41) is 0. The Bertz CT molecular complexity index is 588. The first-order valence-corrected chi connectivity index (χ1v) is 9.53. The molecule has 2 saturated heterocycles. The van der Waals surface area contributed by atoms with Gasteiger partial charge in [-0.15, -0.1) is 0 Å². The van der Waals surface area contributed by atoms with Gasteiger partial charge in [0.2, 0.25) is 5.91 Å². The van der Waals surface area contributed by atoms with Gasteiger partial charge in [-0.2, -0.15) is 0 Å².